The van der Waals surface area contributed by atoms with Gasteiger partial charge < -0.3 is 15.0 Å². The fourth-order valence-electron chi connectivity index (χ4n) is 3.52. The van der Waals surface area contributed by atoms with E-state index in [1.54, 1.807) is 0 Å². The van der Waals surface area contributed by atoms with Crippen LogP contribution in [-0.4, -0.2) is 41.9 Å². The van der Waals surface area contributed by atoms with Gasteiger partial charge >= 0.3 is 0 Å². The third-order valence-corrected chi connectivity index (χ3v) is 5.19. The summed E-state index contributed by atoms with van der Waals surface area (Å²) in [5, 5.41) is 3.00. The minimum atomic E-state index is -0.392. The minimum absolute atomic E-state index is 0.0722. The molecule has 0 bridgehead atoms. The van der Waals surface area contributed by atoms with Crippen LogP contribution >= 0.6 is 0 Å². The smallest absolute Gasteiger partial charge is 0.255 e. The lowest BCUT2D eigenvalue weighted by Crippen LogP contribution is -2.54. The third kappa shape index (κ3) is 2.69. The molecule has 122 valence electrons. The molecule has 5 heteroatoms. The lowest BCUT2D eigenvalue weighted by molar-refractivity contribution is -0.135. The average Bonchev–Trinajstić information content (AvgIpc) is 3.39. The highest BCUT2D eigenvalue weighted by atomic mass is 16.5. The number of amides is 2. The van der Waals surface area contributed by atoms with E-state index in [9.17, 15) is 9.59 Å². The number of hydrogen-bond acceptors (Lipinski definition) is 3. The summed E-state index contributed by atoms with van der Waals surface area (Å²) in [5.41, 5.74) is 1.26. The number of carbonyl (C=O) groups excluding carboxylic acids is 2. The minimum Gasteiger partial charge on any atom is -0.484 e. The Bertz CT molecular complexity index is 658. The van der Waals surface area contributed by atoms with E-state index in [1.165, 1.54) is 0 Å². The first-order valence-electron chi connectivity index (χ1n) is 8.43. The van der Waals surface area contributed by atoms with Crippen LogP contribution < -0.4 is 10.1 Å². The first kappa shape index (κ1) is 14.5. The van der Waals surface area contributed by atoms with Gasteiger partial charge in [-0.1, -0.05) is 11.6 Å². The monoisotopic (exact) mass is 314 g/mol. The Morgan fingerprint density at radius 3 is 2.74 bits per heavy atom. The molecular formula is C18H22N2O3. The SMILES string of the molecule is Cc1ccc2c(c1)C(=O)NCC1(CCN(C(=O)C3CC3)CC1)O2. The molecule has 0 atom stereocenters. The Labute approximate surface area is 136 Å². The second-order valence-corrected chi connectivity index (χ2v) is 7.07. The quantitative estimate of drug-likeness (QED) is 0.861. The molecule has 5 nitrogen and oxygen atoms in total. The van der Waals surface area contributed by atoms with Crippen molar-refractivity contribution >= 4 is 11.8 Å². The van der Waals surface area contributed by atoms with Crippen LogP contribution in [0.1, 0.15) is 41.6 Å². The van der Waals surface area contributed by atoms with Crippen molar-refractivity contribution in [2.24, 2.45) is 5.92 Å². The van der Waals surface area contributed by atoms with E-state index in [4.69, 9.17) is 4.74 Å². The van der Waals surface area contributed by atoms with E-state index in [1.807, 2.05) is 30.0 Å². The highest BCUT2D eigenvalue weighted by Gasteiger charge is 2.43. The van der Waals surface area contributed by atoms with Crippen molar-refractivity contribution in [2.45, 2.75) is 38.2 Å². The Morgan fingerprint density at radius 2 is 2.04 bits per heavy atom. The Hall–Kier alpha value is -2.04. The van der Waals surface area contributed by atoms with E-state index in [0.717, 1.165) is 31.2 Å². The van der Waals surface area contributed by atoms with E-state index in [2.05, 4.69) is 5.32 Å². The number of likely N-dealkylation sites (tertiary alicyclic amines) is 1. The van der Waals surface area contributed by atoms with E-state index in [0.29, 0.717) is 36.9 Å². The van der Waals surface area contributed by atoms with Crippen LogP contribution in [0.25, 0.3) is 0 Å². The molecule has 1 aromatic rings. The van der Waals surface area contributed by atoms with Gasteiger partial charge in [-0.15, -0.1) is 0 Å². The van der Waals surface area contributed by atoms with Crippen LogP contribution in [0.3, 0.4) is 0 Å². The van der Waals surface area contributed by atoms with Crippen molar-refractivity contribution in [3.8, 4) is 5.75 Å². The summed E-state index contributed by atoms with van der Waals surface area (Å²) in [6, 6.07) is 5.73. The van der Waals surface area contributed by atoms with Gasteiger partial charge in [-0.05, 0) is 31.9 Å². The van der Waals surface area contributed by atoms with Crippen molar-refractivity contribution < 1.29 is 14.3 Å². The molecule has 1 spiro atoms. The van der Waals surface area contributed by atoms with Gasteiger partial charge in [-0.2, -0.15) is 0 Å². The first-order valence-corrected chi connectivity index (χ1v) is 8.43. The molecule has 2 heterocycles. The predicted octanol–water partition coefficient (Wildman–Crippen LogP) is 1.89. The maximum atomic E-state index is 12.3. The standard InChI is InChI=1S/C18H22N2O3/c1-12-2-5-15-14(10-12)16(21)19-11-18(23-15)6-8-20(9-7-18)17(22)13-3-4-13/h2,5,10,13H,3-4,6-9,11H2,1H3,(H,19,21). The number of benzene rings is 1. The number of nitrogens with zero attached hydrogens (tertiary/aromatic N) is 1. The van der Waals surface area contributed by atoms with Gasteiger partial charge in [0.2, 0.25) is 5.91 Å². The van der Waals surface area contributed by atoms with Gasteiger partial charge in [-0.3, -0.25) is 9.59 Å². The maximum Gasteiger partial charge on any atom is 0.255 e. The Balaban J connectivity index is 1.52. The van der Waals surface area contributed by atoms with Crippen LogP contribution in [0.5, 0.6) is 5.75 Å². The number of rotatable bonds is 1. The van der Waals surface area contributed by atoms with Gasteiger partial charge in [-0.25, -0.2) is 0 Å². The topological polar surface area (TPSA) is 58.6 Å². The highest BCUT2D eigenvalue weighted by molar-refractivity contribution is 5.97. The predicted molar refractivity (Wildman–Crippen MR) is 85.4 cm³/mol. The maximum absolute atomic E-state index is 12.3. The van der Waals surface area contributed by atoms with Crippen molar-refractivity contribution in [1.29, 1.82) is 0 Å². The number of aryl methyl sites for hydroxylation is 1. The zero-order valence-corrected chi connectivity index (χ0v) is 13.4. The molecule has 4 rings (SSSR count). The van der Waals surface area contributed by atoms with Gasteiger partial charge in [0.05, 0.1) is 12.1 Å². The molecule has 2 amide bonds. The van der Waals surface area contributed by atoms with Gasteiger partial charge in [0.25, 0.3) is 5.91 Å². The number of carbonyl (C=O) groups is 2. The van der Waals surface area contributed by atoms with Crippen molar-refractivity contribution in [1.82, 2.24) is 10.2 Å². The fourth-order valence-corrected chi connectivity index (χ4v) is 3.52. The molecule has 2 fully saturated rings. The zero-order chi connectivity index (χ0) is 16.0. The van der Waals surface area contributed by atoms with Crippen LogP contribution in [0, 0.1) is 12.8 Å². The summed E-state index contributed by atoms with van der Waals surface area (Å²) in [6.45, 7) is 3.90. The van der Waals surface area contributed by atoms with Crippen LogP contribution in [0.4, 0.5) is 0 Å². The molecule has 1 aromatic carbocycles. The number of ether oxygens (including phenoxy) is 1. The second kappa shape index (κ2) is 5.25. The third-order valence-electron chi connectivity index (χ3n) is 5.19. The normalized spacial score (nSPS) is 22.8. The Kier molecular flexibility index (Phi) is 3.32. The number of nitrogens with one attached hydrogen (secondary N) is 1. The Morgan fingerprint density at radius 1 is 1.30 bits per heavy atom. The molecule has 1 aliphatic carbocycles. The molecule has 0 radical (unpaired) electrons. The zero-order valence-electron chi connectivity index (χ0n) is 13.4. The molecule has 0 aromatic heterocycles. The summed E-state index contributed by atoms with van der Waals surface area (Å²) in [4.78, 5) is 26.5. The first-order chi connectivity index (χ1) is 11.1. The van der Waals surface area contributed by atoms with Gasteiger partial charge in [0, 0.05) is 31.8 Å². The average molecular weight is 314 g/mol. The van der Waals surface area contributed by atoms with Gasteiger partial charge in [0.15, 0.2) is 0 Å². The van der Waals surface area contributed by atoms with E-state index < -0.39 is 5.60 Å². The lowest BCUT2D eigenvalue weighted by Gasteiger charge is -2.41. The van der Waals surface area contributed by atoms with E-state index in [-0.39, 0.29) is 11.8 Å². The summed E-state index contributed by atoms with van der Waals surface area (Å²) in [5.74, 6) is 1.15. The van der Waals surface area contributed by atoms with Gasteiger partial charge in [0.1, 0.15) is 11.4 Å². The van der Waals surface area contributed by atoms with E-state index >= 15 is 0 Å². The van der Waals surface area contributed by atoms with Crippen LogP contribution in [0.2, 0.25) is 0 Å². The van der Waals surface area contributed by atoms with Crippen molar-refractivity contribution in [3.05, 3.63) is 29.3 Å². The molecule has 0 unspecified atom stereocenters. The second-order valence-electron chi connectivity index (χ2n) is 7.07. The molecule has 1 N–H and O–H groups in total. The van der Waals surface area contributed by atoms with Crippen LogP contribution in [0.15, 0.2) is 18.2 Å². The molecule has 3 aliphatic rings. The van der Waals surface area contributed by atoms with Crippen molar-refractivity contribution in [2.75, 3.05) is 19.6 Å². The summed E-state index contributed by atoms with van der Waals surface area (Å²) < 4.78 is 6.29. The molecule has 1 saturated heterocycles. The number of hydrogen-bond donors (Lipinski definition) is 1. The molecule has 23 heavy (non-hydrogen) atoms. The summed E-state index contributed by atoms with van der Waals surface area (Å²) in [6.07, 6.45) is 3.61. The summed E-state index contributed by atoms with van der Waals surface area (Å²) in [7, 11) is 0. The lowest BCUT2D eigenvalue weighted by atomic mass is 9.90. The van der Waals surface area contributed by atoms with Crippen LogP contribution in [-0.2, 0) is 4.79 Å². The number of piperidine rings is 1. The fraction of sp³-hybridized carbons (Fsp3) is 0.556. The largest absolute Gasteiger partial charge is 0.484 e. The van der Waals surface area contributed by atoms with Crippen molar-refractivity contribution in [3.63, 3.8) is 0 Å². The molecule has 2 aliphatic heterocycles. The molecule has 1 saturated carbocycles. The number of fused-ring (bicyclic) bond motifs is 1. The molecular weight excluding hydrogens is 292 g/mol. The highest BCUT2D eigenvalue weighted by Crippen LogP contribution is 2.36. The summed E-state index contributed by atoms with van der Waals surface area (Å²) >= 11 is 0.